The number of para-hydroxylation sites is 1. The number of hydrogen-bond donors (Lipinski definition) is 1. The molecule has 15 nitrogen and oxygen atoms in total. The average Bonchev–Trinajstić information content (AvgIpc) is 3.63. The smallest absolute Gasteiger partial charge is 0.495 e. The van der Waals surface area contributed by atoms with Crippen LogP contribution in [0.15, 0.2) is 60.9 Å². The van der Waals surface area contributed by atoms with Crippen molar-refractivity contribution in [2.75, 3.05) is 32.7 Å². The van der Waals surface area contributed by atoms with E-state index >= 15 is 4.57 Å². The summed E-state index contributed by atoms with van der Waals surface area (Å²) < 4.78 is 72.5. The number of aromatic nitrogens is 3. The summed E-state index contributed by atoms with van der Waals surface area (Å²) in [4.78, 5) is 4.07. The molecule has 2 saturated heterocycles. The van der Waals surface area contributed by atoms with Crippen molar-refractivity contribution in [1.29, 1.82) is 5.26 Å². The number of benzene rings is 2. The van der Waals surface area contributed by atoms with E-state index in [9.17, 15) is 5.26 Å². The Kier molecular flexibility index (Phi) is 18.5. The van der Waals surface area contributed by atoms with Crippen LogP contribution in [-0.4, -0.2) is 77.3 Å². The second-order valence-electron chi connectivity index (χ2n) is 18.5. The highest BCUT2D eigenvalue weighted by Gasteiger charge is 2.89. The molecular formula is C50H68Cl2N5O10P. The highest BCUT2D eigenvalue weighted by Crippen LogP contribution is 2.70. The van der Waals surface area contributed by atoms with Crippen molar-refractivity contribution >= 4 is 42.4 Å². The second kappa shape index (κ2) is 24.1. The number of nitrogens with zero attached hydrogens (tertiary/aromatic N) is 4. The fourth-order valence-electron chi connectivity index (χ4n) is 9.30. The molecule has 0 bridgehead atoms. The van der Waals surface area contributed by atoms with E-state index in [1.54, 1.807) is 69.5 Å². The fraction of sp³-hybridized carbons (Fsp3) is 0.620. The van der Waals surface area contributed by atoms with Crippen LogP contribution in [0.3, 0.4) is 0 Å². The van der Waals surface area contributed by atoms with Crippen molar-refractivity contribution < 1.29 is 46.6 Å². The number of nitrogens with two attached hydrogens (primary N) is 1. The molecule has 0 amide bonds. The van der Waals surface area contributed by atoms with Gasteiger partial charge in [-0.1, -0.05) is 145 Å². The molecule has 3 fully saturated rings. The summed E-state index contributed by atoms with van der Waals surface area (Å²) in [6.45, 7) is 6.24. The van der Waals surface area contributed by atoms with Crippen LogP contribution in [0.25, 0.3) is 5.52 Å². The van der Waals surface area contributed by atoms with E-state index in [4.69, 9.17) is 70.9 Å². The van der Waals surface area contributed by atoms with Crippen LogP contribution >= 0.6 is 31.0 Å². The zero-order valence-electron chi connectivity index (χ0n) is 39.9. The third-order valence-corrected chi connectivity index (χ3v) is 14.8. The van der Waals surface area contributed by atoms with Crippen molar-refractivity contribution in [3.8, 4) is 17.6 Å². The third kappa shape index (κ3) is 12.5. The van der Waals surface area contributed by atoms with Gasteiger partial charge in [0.15, 0.2) is 17.2 Å². The molecule has 68 heavy (non-hydrogen) atoms. The molecule has 3 aliphatic rings. The number of unbranched alkanes of at least 4 members (excludes halogenated alkanes) is 15. The molecule has 4 heterocycles. The molecule has 1 aliphatic carbocycles. The monoisotopic (exact) mass is 999 g/mol. The Bertz CT molecular complexity index is 2350. The maximum atomic E-state index is 15.1. The predicted molar refractivity (Wildman–Crippen MR) is 260 cm³/mol. The molecular weight excluding hydrogens is 932 g/mol. The zero-order chi connectivity index (χ0) is 48.2. The van der Waals surface area contributed by atoms with Gasteiger partial charge in [-0.3, -0.25) is 9.05 Å². The number of ether oxygens (including phenoxy) is 6. The number of halogens is 2. The van der Waals surface area contributed by atoms with Gasteiger partial charge in [-0.05, 0) is 62.2 Å². The van der Waals surface area contributed by atoms with Crippen molar-refractivity contribution in [2.45, 2.75) is 172 Å². The van der Waals surface area contributed by atoms with Gasteiger partial charge in [-0.2, -0.15) is 10.4 Å². The fourth-order valence-corrected chi connectivity index (χ4v) is 11.3. The van der Waals surface area contributed by atoms with Gasteiger partial charge in [0, 0.05) is 6.61 Å². The normalized spacial score (nSPS) is 23.8. The molecule has 2 aromatic carbocycles. The minimum Gasteiger partial charge on any atom is -0.495 e. The lowest BCUT2D eigenvalue weighted by atomic mass is 9.90. The van der Waals surface area contributed by atoms with Gasteiger partial charge in [0.05, 0.1) is 42.7 Å². The van der Waals surface area contributed by atoms with Gasteiger partial charge in [0.25, 0.3) is 0 Å². The summed E-state index contributed by atoms with van der Waals surface area (Å²) in [5, 5.41) is 15.8. The molecule has 1 spiro atoms. The Hall–Kier alpha value is -3.52. The SMILES string of the molecule is CCCCCCCCCCCCCCCCCCOC[C@H](COP(=O)(Oc1ccccc1Cl)OC1[C@H]2O[C@@](C#N)(c3ccc4c(N)ncnn34)[C@@H]3OC(C)(C)O[C@]123)OCc1ccc(OC)c(Cl)c1. The lowest BCUT2D eigenvalue weighted by Gasteiger charge is -2.31. The molecule has 2 unspecified atom stereocenters. The van der Waals surface area contributed by atoms with E-state index in [1.807, 2.05) is 6.07 Å². The van der Waals surface area contributed by atoms with Crippen LogP contribution in [0.1, 0.15) is 135 Å². The molecule has 7 rings (SSSR count). The summed E-state index contributed by atoms with van der Waals surface area (Å²) >= 11 is 13.0. The van der Waals surface area contributed by atoms with Crippen molar-refractivity contribution in [3.63, 3.8) is 0 Å². The first-order valence-corrected chi connectivity index (χ1v) is 26.5. The topological polar surface area (TPSA) is 180 Å². The van der Waals surface area contributed by atoms with Crippen LogP contribution in [-0.2, 0) is 49.5 Å². The first-order valence-electron chi connectivity index (χ1n) is 24.3. The number of phosphoric ester groups is 1. The van der Waals surface area contributed by atoms with Crippen LogP contribution in [0.4, 0.5) is 5.82 Å². The van der Waals surface area contributed by atoms with Gasteiger partial charge in [-0.25, -0.2) is 14.1 Å². The number of phosphoric acid groups is 1. The second-order valence-corrected chi connectivity index (χ2v) is 20.8. The molecule has 2 aliphatic heterocycles. The Morgan fingerprint density at radius 2 is 1.54 bits per heavy atom. The number of anilines is 1. The van der Waals surface area contributed by atoms with E-state index in [-0.39, 0.29) is 36.4 Å². The number of hydrogen-bond acceptors (Lipinski definition) is 14. The Balaban J connectivity index is 0.974. The Morgan fingerprint density at radius 1 is 0.868 bits per heavy atom. The van der Waals surface area contributed by atoms with Gasteiger partial charge in [0.2, 0.25) is 5.60 Å². The number of methoxy groups -OCH3 is 1. The van der Waals surface area contributed by atoms with Crippen LogP contribution in [0.2, 0.25) is 10.0 Å². The Morgan fingerprint density at radius 3 is 2.19 bits per heavy atom. The zero-order valence-corrected chi connectivity index (χ0v) is 42.3. The Labute approximate surface area is 411 Å². The summed E-state index contributed by atoms with van der Waals surface area (Å²) in [5.74, 6) is -0.376. The first kappa shape index (κ1) is 52.3. The number of rotatable bonds is 31. The molecule has 2 aromatic heterocycles. The standard InChI is InChI=1S/C50H68Cl2N5O10P/c1-5-6-7-8-9-10-11-12-13-14-15-16-17-18-19-22-29-60-32-37(61-31-36-25-27-41(59-4)39(52)30-36)33-62-68(58,65-42-24-21-20-23-38(42)51)66-45-44-50(45)47(64-48(2,3)67-50)49(34-53,63-44)43-28-26-40-46(54)55-35-56-57(40)43/h20-21,23-28,30,35,37,44-45,47H,5-19,22,29,31-33H2,1-4H3,(H2,54,55,56)/t37-,44-,45?,47+,49+,50+,68?/m1/s1. The maximum Gasteiger partial charge on any atom is 0.530 e. The van der Waals surface area contributed by atoms with E-state index in [1.165, 1.54) is 94.3 Å². The number of nitriles is 1. The molecule has 2 N–H and O–H groups in total. The van der Waals surface area contributed by atoms with Crippen molar-refractivity contribution in [2.24, 2.45) is 0 Å². The van der Waals surface area contributed by atoms with E-state index in [2.05, 4.69) is 23.1 Å². The molecule has 18 heteroatoms. The average molecular weight is 1000 g/mol. The maximum absolute atomic E-state index is 15.1. The van der Waals surface area contributed by atoms with Crippen LogP contribution < -0.4 is 15.0 Å². The van der Waals surface area contributed by atoms with Crippen molar-refractivity contribution in [1.82, 2.24) is 14.6 Å². The van der Waals surface area contributed by atoms with Crippen molar-refractivity contribution in [3.05, 3.63) is 82.2 Å². The first-order chi connectivity index (χ1) is 32.9. The van der Waals surface area contributed by atoms with Gasteiger partial charge < -0.3 is 38.7 Å². The van der Waals surface area contributed by atoms with Gasteiger partial charge >= 0.3 is 7.82 Å². The largest absolute Gasteiger partial charge is 0.530 e. The molecule has 7 atom stereocenters. The summed E-state index contributed by atoms with van der Waals surface area (Å²) in [6.07, 6.45) is 18.0. The molecule has 372 valence electrons. The van der Waals surface area contributed by atoms with Gasteiger partial charge in [0.1, 0.15) is 53.8 Å². The highest BCUT2D eigenvalue weighted by molar-refractivity contribution is 7.49. The summed E-state index contributed by atoms with van der Waals surface area (Å²) in [5.41, 5.74) is 4.63. The van der Waals surface area contributed by atoms with E-state index < -0.39 is 49.2 Å². The van der Waals surface area contributed by atoms with E-state index in [0.717, 1.165) is 24.8 Å². The number of nitrogen functional groups attached to an aromatic ring is 1. The molecule has 1 saturated carbocycles. The quantitative estimate of drug-likeness (QED) is 0.0371. The number of fused-ring (bicyclic) bond motifs is 1. The lowest BCUT2D eigenvalue weighted by molar-refractivity contribution is -0.188. The molecule has 0 radical (unpaired) electrons. The minimum absolute atomic E-state index is 0.0654. The van der Waals surface area contributed by atoms with Crippen LogP contribution in [0.5, 0.6) is 11.5 Å². The predicted octanol–water partition coefficient (Wildman–Crippen LogP) is 12.1. The minimum atomic E-state index is -4.61. The summed E-state index contributed by atoms with van der Waals surface area (Å²) in [7, 11) is -3.06. The third-order valence-electron chi connectivity index (χ3n) is 12.9. The summed E-state index contributed by atoms with van der Waals surface area (Å²) in [6, 6.07) is 17.6. The lowest BCUT2D eigenvalue weighted by Crippen LogP contribution is -2.46. The van der Waals surface area contributed by atoms with E-state index in [0.29, 0.717) is 28.6 Å². The van der Waals surface area contributed by atoms with Crippen LogP contribution in [0, 0.1) is 11.3 Å². The molecule has 4 aromatic rings. The van der Waals surface area contributed by atoms with Gasteiger partial charge in [-0.15, -0.1) is 0 Å². The highest BCUT2D eigenvalue weighted by atomic mass is 35.5.